The minimum absolute atomic E-state index is 0.636. The van der Waals surface area contributed by atoms with Gasteiger partial charge >= 0.3 is 0 Å². The lowest BCUT2D eigenvalue weighted by molar-refractivity contribution is 0.0765. The highest BCUT2D eigenvalue weighted by Crippen LogP contribution is 2.10. The Morgan fingerprint density at radius 3 is 3.27 bits per heavy atom. The van der Waals surface area contributed by atoms with Crippen LogP contribution >= 0.6 is 0 Å². The van der Waals surface area contributed by atoms with Gasteiger partial charge in [0.2, 0.25) is 0 Å². The van der Waals surface area contributed by atoms with Gasteiger partial charge in [-0.25, -0.2) is 4.98 Å². The van der Waals surface area contributed by atoms with Crippen LogP contribution in [0.15, 0.2) is 12.5 Å². The molecule has 1 aromatic heterocycles. The van der Waals surface area contributed by atoms with Crippen molar-refractivity contribution < 1.29 is 4.74 Å². The predicted molar refractivity (Wildman–Crippen MR) is 58.5 cm³/mol. The fourth-order valence-electron chi connectivity index (χ4n) is 1.94. The molecule has 2 heterocycles. The molecule has 1 atom stereocenters. The van der Waals surface area contributed by atoms with Crippen molar-refractivity contribution in [3.63, 3.8) is 0 Å². The molecule has 1 aliphatic rings. The molecule has 0 amide bonds. The Hall–Kier alpha value is -0.870. The SMILES string of the molecule is Cn1cnc(COC[C@H]2CCCNC2)c1. The smallest absolute Gasteiger partial charge is 0.0947 e. The maximum Gasteiger partial charge on any atom is 0.0947 e. The van der Waals surface area contributed by atoms with E-state index in [4.69, 9.17) is 4.74 Å². The lowest BCUT2D eigenvalue weighted by Gasteiger charge is -2.22. The highest BCUT2D eigenvalue weighted by molar-refractivity contribution is 4.93. The summed E-state index contributed by atoms with van der Waals surface area (Å²) in [5.74, 6) is 0.683. The summed E-state index contributed by atoms with van der Waals surface area (Å²) < 4.78 is 7.60. The van der Waals surface area contributed by atoms with E-state index >= 15 is 0 Å². The Balaban J connectivity index is 1.65. The largest absolute Gasteiger partial charge is 0.375 e. The molecule has 0 saturated carbocycles. The lowest BCUT2D eigenvalue weighted by Crippen LogP contribution is -2.32. The van der Waals surface area contributed by atoms with Gasteiger partial charge in [0, 0.05) is 19.8 Å². The van der Waals surface area contributed by atoms with Crippen molar-refractivity contribution in [1.29, 1.82) is 0 Å². The minimum atomic E-state index is 0.636. The molecule has 1 saturated heterocycles. The van der Waals surface area contributed by atoms with E-state index in [1.54, 1.807) is 6.33 Å². The fourth-order valence-corrected chi connectivity index (χ4v) is 1.94. The average Bonchev–Trinajstić information content (AvgIpc) is 2.66. The van der Waals surface area contributed by atoms with E-state index in [9.17, 15) is 0 Å². The van der Waals surface area contributed by atoms with E-state index < -0.39 is 0 Å². The monoisotopic (exact) mass is 209 g/mol. The molecule has 0 radical (unpaired) electrons. The number of aryl methyl sites for hydroxylation is 1. The average molecular weight is 209 g/mol. The molecule has 1 N–H and O–H groups in total. The van der Waals surface area contributed by atoms with Gasteiger partial charge < -0.3 is 14.6 Å². The molecule has 4 heteroatoms. The van der Waals surface area contributed by atoms with Crippen LogP contribution in [0.2, 0.25) is 0 Å². The van der Waals surface area contributed by atoms with Gasteiger partial charge in [-0.1, -0.05) is 0 Å². The van der Waals surface area contributed by atoms with E-state index in [0.717, 1.165) is 25.4 Å². The van der Waals surface area contributed by atoms with Crippen LogP contribution in [-0.4, -0.2) is 29.2 Å². The van der Waals surface area contributed by atoms with E-state index in [2.05, 4.69) is 10.3 Å². The van der Waals surface area contributed by atoms with Crippen LogP contribution in [0.5, 0.6) is 0 Å². The second-order valence-corrected chi connectivity index (χ2v) is 4.26. The molecule has 84 valence electrons. The third-order valence-corrected chi connectivity index (χ3v) is 2.76. The lowest BCUT2D eigenvalue weighted by atomic mass is 10.0. The molecule has 2 rings (SSSR count). The maximum atomic E-state index is 5.66. The summed E-state index contributed by atoms with van der Waals surface area (Å²) in [6, 6.07) is 0. The summed E-state index contributed by atoms with van der Waals surface area (Å²) in [4.78, 5) is 4.22. The van der Waals surface area contributed by atoms with Gasteiger partial charge in [0.05, 0.1) is 25.2 Å². The van der Waals surface area contributed by atoms with Crippen molar-refractivity contribution in [2.45, 2.75) is 19.4 Å². The number of piperidine rings is 1. The van der Waals surface area contributed by atoms with Crippen LogP contribution in [0.4, 0.5) is 0 Å². The number of hydrogen-bond acceptors (Lipinski definition) is 3. The van der Waals surface area contributed by atoms with Gasteiger partial charge in [0.15, 0.2) is 0 Å². The van der Waals surface area contributed by atoms with Crippen LogP contribution in [-0.2, 0) is 18.4 Å². The summed E-state index contributed by atoms with van der Waals surface area (Å²) in [6.45, 7) is 3.75. The Kier molecular flexibility index (Phi) is 3.75. The molecule has 1 aromatic rings. The molecule has 0 aliphatic carbocycles. The standard InChI is InChI=1S/C11H19N3O/c1-14-6-11(13-9-14)8-15-7-10-3-2-4-12-5-10/h6,9-10,12H,2-5,7-8H2,1H3/t10-/m0/s1. The highest BCUT2D eigenvalue weighted by atomic mass is 16.5. The van der Waals surface area contributed by atoms with Crippen LogP contribution in [0.25, 0.3) is 0 Å². The summed E-state index contributed by atoms with van der Waals surface area (Å²) in [5.41, 5.74) is 1.02. The normalized spacial score (nSPS) is 21.8. The Bertz CT molecular complexity index is 292. The zero-order chi connectivity index (χ0) is 10.5. The molecular weight excluding hydrogens is 190 g/mol. The van der Waals surface area contributed by atoms with Crippen LogP contribution in [0.1, 0.15) is 18.5 Å². The Morgan fingerprint density at radius 2 is 2.60 bits per heavy atom. The molecule has 1 aliphatic heterocycles. The maximum absolute atomic E-state index is 5.66. The highest BCUT2D eigenvalue weighted by Gasteiger charge is 2.12. The Morgan fingerprint density at radius 1 is 1.67 bits per heavy atom. The molecular formula is C11H19N3O. The third kappa shape index (κ3) is 3.32. The first kappa shape index (κ1) is 10.6. The van der Waals surface area contributed by atoms with Crippen molar-refractivity contribution in [3.8, 4) is 0 Å². The number of hydrogen-bond donors (Lipinski definition) is 1. The van der Waals surface area contributed by atoms with Crippen LogP contribution in [0, 0.1) is 5.92 Å². The fraction of sp³-hybridized carbons (Fsp3) is 0.727. The number of imidazole rings is 1. The van der Waals surface area contributed by atoms with Gasteiger partial charge in [-0.2, -0.15) is 0 Å². The third-order valence-electron chi connectivity index (χ3n) is 2.76. The summed E-state index contributed by atoms with van der Waals surface area (Å²) in [5, 5.41) is 3.39. The van der Waals surface area contributed by atoms with Crippen LogP contribution in [0.3, 0.4) is 0 Å². The summed E-state index contributed by atoms with van der Waals surface area (Å²) in [7, 11) is 1.97. The molecule has 15 heavy (non-hydrogen) atoms. The predicted octanol–water partition coefficient (Wildman–Crippen LogP) is 0.936. The van der Waals surface area contributed by atoms with E-state index in [-0.39, 0.29) is 0 Å². The van der Waals surface area contributed by atoms with Crippen molar-refractivity contribution in [2.24, 2.45) is 13.0 Å². The molecule has 0 unspecified atom stereocenters. The number of nitrogens with zero attached hydrogens (tertiary/aromatic N) is 2. The van der Waals surface area contributed by atoms with Crippen molar-refractivity contribution in [2.75, 3.05) is 19.7 Å². The van der Waals surface area contributed by atoms with Gasteiger partial charge in [-0.05, 0) is 25.3 Å². The number of nitrogens with one attached hydrogen (secondary N) is 1. The first-order chi connectivity index (χ1) is 7.34. The van der Waals surface area contributed by atoms with Crippen molar-refractivity contribution in [1.82, 2.24) is 14.9 Å². The molecule has 0 spiro atoms. The first-order valence-electron chi connectivity index (χ1n) is 5.60. The van der Waals surface area contributed by atoms with Gasteiger partial charge in [-0.15, -0.1) is 0 Å². The Labute approximate surface area is 90.6 Å². The zero-order valence-electron chi connectivity index (χ0n) is 9.28. The topological polar surface area (TPSA) is 39.1 Å². The number of rotatable bonds is 4. The summed E-state index contributed by atoms with van der Waals surface area (Å²) in [6.07, 6.45) is 6.37. The summed E-state index contributed by atoms with van der Waals surface area (Å²) >= 11 is 0. The molecule has 4 nitrogen and oxygen atoms in total. The van der Waals surface area contributed by atoms with Crippen molar-refractivity contribution in [3.05, 3.63) is 18.2 Å². The molecule has 0 bridgehead atoms. The first-order valence-corrected chi connectivity index (χ1v) is 5.60. The number of aromatic nitrogens is 2. The van der Waals surface area contributed by atoms with Gasteiger partial charge in [-0.3, -0.25) is 0 Å². The zero-order valence-corrected chi connectivity index (χ0v) is 9.28. The minimum Gasteiger partial charge on any atom is -0.375 e. The quantitative estimate of drug-likeness (QED) is 0.802. The number of ether oxygens (including phenoxy) is 1. The van der Waals surface area contributed by atoms with E-state index in [1.807, 2.05) is 17.8 Å². The second kappa shape index (κ2) is 5.28. The van der Waals surface area contributed by atoms with E-state index in [1.165, 1.54) is 12.8 Å². The molecule has 1 fully saturated rings. The van der Waals surface area contributed by atoms with Gasteiger partial charge in [0.25, 0.3) is 0 Å². The van der Waals surface area contributed by atoms with Gasteiger partial charge in [0.1, 0.15) is 0 Å². The van der Waals surface area contributed by atoms with Crippen LogP contribution < -0.4 is 5.32 Å². The van der Waals surface area contributed by atoms with Crippen molar-refractivity contribution >= 4 is 0 Å². The molecule has 0 aromatic carbocycles. The second-order valence-electron chi connectivity index (χ2n) is 4.26. The van der Waals surface area contributed by atoms with E-state index in [0.29, 0.717) is 12.5 Å².